The molecule has 1 aliphatic heterocycles. The predicted molar refractivity (Wildman–Crippen MR) is 78.5 cm³/mol. The van der Waals surface area contributed by atoms with Crippen molar-refractivity contribution in [3.05, 3.63) is 0 Å². The Morgan fingerprint density at radius 2 is 1.75 bits per heavy atom. The lowest BCUT2D eigenvalue weighted by molar-refractivity contribution is -0.152. The Morgan fingerprint density at radius 3 is 2.15 bits per heavy atom. The van der Waals surface area contributed by atoms with Crippen molar-refractivity contribution in [2.75, 3.05) is 19.6 Å². The van der Waals surface area contributed by atoms with Crippen LogP contribution in [0.1, 0.15) is 52.9 Å². The van der Waals surface area contributed by atoms with Crippen molar-refractivity contribution in [2.24, 2.45) is 5.41 Å². The van der Waals surface area contributed by atoms with E-state index in [1.54, 1.807) is 0 Å². The van der Waals surface area contributed by atoms with Crippen molar-refractivity contribution in [2.45, 2.75) is 58.9 Å². The molecule has 0 spiro atoms. The second-order valence-electron chi connectivity index (χ2n) is 5.80. The first kappa shape index (κ1) is 17.0. The fraction of sp³-hybridized carbons (Fsp3) is 0.867. The van der Waals surface area contributed by atoms with Crippen LogP contribution in [0.15, 0.2) is 0 Å². The van der Waals surface area contributed by atoms with Crippen LogP contribution in [0.2, 0.25) is 0 Å². The normalized spacial score (nSPS) is 19.0. The number of amides is 1. The van der Waals surface area contributed by atoms with Gasteiger partial charge < -0.3 is 10.4 Å². The fourth-order valence-corrected chi connectivity index (χ4v) is 2.83. The average molecular weight is 284 g/mol. The lowest BCUT2D eigenvalue weighted by atomic mass is 9.76. The summed E-state index contributed by atoms with van der Waals surface area (Å²) < 4.78 is 0. The molecule has 1 amide bonds. The van der Waals surface area contributed by atoms with Gasteiger partial charge >= 0.3 is 5.97 Å². The summed E-state index contributed by atoms with van der Waals surface area (Å²) in [6.07, 6.45) is 3.82. The van der Waals surface area contributed by atoms with E-state index in [0.29, 0.717) is 38.9 Å². The lowest BCUT2D eigenvalue weighted by Gasteiger charge is -2.38. The molecule has 1 aliphatic rings. The molecule has 116 valence electrons. The van der Waals surface area contributed by atoms with Gasteiger partial charge in [0.05, 0.1) is 12.0 Å². The first-order chi connectivity index (χ1) is 9.47. The quantitative estimate of drug-likeness (QED) is 0.749. The Balaban J connectivity index is 2.42. The van der Waals surface area contributed by atoms with E-state index >= 15 is 0 Å². The molecule has 0 aromatic heterocycles. The molecule has 0 atom stereocenters. The topological polar surface area (TPSA) is 69.6 Å². The number of nitrogens with zero attached hydrogens (tertiary/aromatic N) is 1. The molecule has 2 N–H and O–H groups in total. The number of carboxylic acid groups (broad SMARTS) is 1. The maximum atomic E-state index is 11.9. The van der Waals surface area contributed by atoms with Crippen molar-refractivity contribution in [1.82, 2.24) is 10.2 Å². The Morgan fingerprint density at radius 1 is 1.20 bits per heavy atom. The third-order valence-electron chi connectivity index (χ3n) is 4.66. The second-order valence-corrected chi connectivity index (χ2v) is 5.80. The van der Waals surface area contributed by atoms with Gasteiger partial charge in [-0.3, -0.25) is 14.5 Å². The molecule has 0 radical (unpaired) electrons. The molecular formula is C15H28N2O3. The van der Waals surface area contributed by atoms with Crippen LogP contribution < -0.4 is 5.32 Å². The molecule has 1 fully saturated rings. The van der Waals surface area contributed by atoms with E-state index in [0.717, 1.165) is 12.8 Å². The van der Waals surface area contributed by atoms with Gasteiger partial charge in [-0.2, -0.15) is 0 Å². The third-order valence-corrected chi connectivity index (χ3v) is 4.66. The van der Waals surface area contributed by atoms with Crippen molar-refractivity contribution in [3.8, 4) is 0 Å². The molecule has 1 rings (SSSR count). The van der Waals surface area contributed by atoms with Crippen molar-refractivity contribution < 1.29 is 14.7 Å². The SMILES string of the molecule is CCC(CC)NC(=O)CN1CCC(CC)(C(=O)O)CC1. The Hall–Kier alpha value is -1.10. The zero-order chi connectivity index (χ0) is 15.2. The van der Waals surface area contributed by atoms with Crippen molar-refractivity contribution >= 4 is 11.9 Å². The first-order valence-corrected chi connectivity index (χ1v) is 7.72. The Kier molecular flexibility index (Phi) is 6.46. The molecule has 0 aromatic carbocycles. The van der Waals surface area contributed by atoms with Gasteiger partial charge in [-0.1, -0.05) is 20.8 Å². The van der Waals surface area contributed by atoms with Crippen molar-refractivity contribution in [3.63, 3.8) is 0 Å². The van der Waals surface area contributed by atoms with Gasteiger partial charge in [0, 0.05) is 6.04 Å². The molecular weight excluding hydrogens is 256 g/mol. The van der Waals surface area contributed by atoms with Gasteiger partial charge in [-0.05, 0) is 45.2 Å². The van der Waals surface area contributed by atoms with Gasteiger partial charge in [0.2, 0.25) is 5.91 Å². The minimum atomic E-state index is -0.693. The summed E-state index contributed by atoms with van der Waals surface area (Å²) >= 11 is 0. The summed E-state index contributed by atoms with van der Waals surface area (Å²) in [6.45, 7) is 7.84. The van der Waals surface area contributed by atoms with Gasteiger partial charge in [-0.25, -0.2) is 0 Å². The summed E-state index contributed by atoms with van der Waals surface area (Å²) in [4.78, 5) is 25.4. The van der Waals surface area contributed by atoms with Crippen molar-refractivity contribution in [1.29, 1.82) is 0 Å². The van der Waals surface area contributed by atoms with Gasteiger partial charge in [0.25, 0.3) is 0 Å². The smallest absolute Gasteiger partial charge is 0.309 e. The highest BCUT2D eigenvalue weighted by atomic mass is 16.4. The number of hydrogen-bond donors (Lipinski definition) is 2. The number of rotatable bonds is 7. The van der Waals surface area contributed by atoms with Crippen LogP contribution >= 0.6 is 0 Å². The lowest BCUT2D eigenvalue weighted by Crippen LogP contribution is -2.48. The second kappa shape index (κ2) is 7.62. The number of carbonyl (C=O) groups excluding carboxylic acids is 1. The molecule has 1 heterocycles. The number of carbonyl (C=O) groups is 2. The number of nitrogens with one attached hydrogen (secondary N) is 1. The Bertz CT molecular complexity index is 332. The van der Waals surface area contributed by atoms with E-state index < -0.39 is 11.4 Å². The largest absolute Gasteiger partial charge is 0.481 e. The van der Waals surface area contributed by atoms with E-state index in [9.17, 15) is 14.7 Å². The monoisotopic (exact) mass is 284 g/mol. The molecule has 0 aliphatic carbocycles. The van der Waals surface area contributed by atoms with Crippen LogP contribution in [0.3, 0.4) is 0 Å². The van der Waals surface area contributed by atoms with E-state index in [1.165, 1.54) is 0 Å². The van der Waals surface area contributed by atoms with Gasteiger partial charge in [0.15, 0.2) is 0 Å². The average Bonchev–Trinajstić information content (AvgIpc) is 2.45. The van der Waals surface area contributed by atoms with Crippen LogP contribution in [-0.2, 0) is 9.59 Å². The predicted octanol–water partition coefficient (Wildman–Crippen LogP) is 1.87. The van der Waals surface area contributed by atoms with Crippen LogP contribution in [0.4, 0.5) is 0 Å². The highest BCUT2D eigenvalue weighted by molar-refractivity contribution is 5.78. The summed E-state index contributed by atoms with van der Waals surface area (Å²) in [5, 5.41) is 12.4. The van der Waals surface area contributed by atoms with Crippen LogP contribution in [0, 0.1) is 5.41 Å². The molecule has 1 saturated heterocycles. The standard InChI is InChI=1S/C15H28N2O3/c1-4-12(5-2)16-13(18)11-17-9-7-15(6-3,8-10-17)14(19)20/h12H,4-11H2,1-3H3,(H,16,18)(H,19,20). The number of hydrogen-bond acceptors (Lipinski definition) is 3. The minimum absolute atomic E-state index is 0.0537. The Labute approximate surface area is 121 Å². The summed E-state index contributed by atoms with van der Waals surface area (Å²) in [5.41, 5.74) is -0.581. The van der Waals surface area contributed by atoms with E-state index in [2.05, 4.69) is 24.1 Å². The number of likely N-dealkylation sites (tertiary alicyclic amines) is 1. The zero-order valence-corrected chi connectivity index (χ0v) is 12.9. The van der Waals surface area contributed by atoms with Crippen LogP contribution in [0.5, 0.6) is 0 Å². The molecule has 5 nitrogen and oxygen atoms in total. The zero-order valence-electron chi connectivity index (χ0n) is 12.9. The van der Waals surface area contributed by atoms with E-state index in [-0.39, 0.29) is 11.9 Å². The van der Waals surface area contributed by atoms with E-state index in [4.69, 9.17) is 0 Å². The highest BCUT2D eigenvalue weighted by Gasteiger charge is 2.39. The molecule has 0 unspecified atom stereocenters. The summed E-state index contributed by atoms with van der Waals surface area (Å²) in [7, 11) is 0. The molecule has 20 heavy (non-hydrogen) atoms. The number of carboxylic acids is 1. The van der Waals surface area contributed by atoms with E-state index in [1.807, 2.05) is 6.92 Å². The van der Waals surface area contributed by atoms with Crippen LogP contribution in [-0.4, -0.2) is 47.6 Å². The first-order valence-electron chi connectivity index (χ1n) is 7.72. The number of piperidine rings is 1. The minimum Gasteiger partial charge on any atom is -0.481 e. The maximum Gasteiger partial charge on any atom is 0.309 e. The number of aliphatic carboxylic acids is 1. The summed E-state index contributed by atoms with van der Waals surface area (Å²) in [6, 6.07) is 0.251. The highest BCUT2D eigenvalue weighted by Crippen LogP contribution is 2.34. The summed E-state index contributed by atoms with van der Waals surface area (Å²) in [5.74, 6) is -0.640. The van der Waals surface area contributed by atoms with Gasteiger partial charge in [-0.15, -0.1) is 0 Å². The third kappa shape index (κ3) is 4.20. The molecule has 0 saturated carbocycles. The van der Waals surface area contributed by atoms with Gasteiger partial charge in [0.1, 0.15) is 0 Å². The fourth-order valence-electron chi connectivity index (χ4n) is 2.83. The molecule has 0 bridgehead atoms. The molecule has 0 aromatic rings. The maximum absolute atomic E-state index is 11.9. The van der Waals surface area contributed by atoms with Crippen LogP contribution in [0.25, 0.3) is 0 Å². The molecule has 5 heteroatoms.